The molecule has 14 heavy (non-hydrogen) atoms. The zero-order chi connectivity index (χ0) is 9.80. The average molecular weight is 195 g/mol. The second kappa shape index (κ2) is 4.32. The highest BCUT2D eigenvalue weighted by Crippen LogP contribution is 2.08. The van der Waals surface area contributed by atoms with Crippen molar-refractivity contribution >= 4 is 5.82 Å². The van der Waals surface area contributed by atoms with Gasteiger partial charge in [0.2, 0.25) is 0 Å². The summed E-state index contributed by atoms with van der Waals surface area (Å²) in [7, 11) is 0. The lowest BCUT2D eigenvalue weighted by molar-refractivity contribution is 0.0311. The van der Waals surface area contributed by atoms with E-state index < -0.39 is 0 Å². The van der Waals surface area contributed by atoms with Gasteiger partial charge in [-0.05, 0) is 12.1 Å². The molecule has 0 radical (unpaired) electrons. The number of hydrogen-bond donors (Lipinski definition) is 1. The molecule has 2 rings (SSSR count). The van der Waals surface area contributed by atoms with Crippen LogP contribution in [0, 0.1) is 0 Å². The largest absolute Gasteiger partial charge is 0.379 e. The minimum Gasteiger partial charge on any atom is -0.379 e. The highest BCUT2D eigenvalue weighted by Gasteiger charge is 2.16. The zero-order valence-corrected chi connectivity index (χ0v) is 7.83. The molecule has 2 heterocycles. The summed E-state index contributed by atoms with van der Waals surface area (Å²) in [6, 6.07) is 3.63. The minimum atomic E-state index is 0.648. The summed E-state index contributed by atoms with van der Waals surface area (Å²) in [5, 5.41) is 11.2. The Morgan fingerprint density at radius 2 is 2.21 bits per heavy atom. The van der Waals surface area contributed by atoms with Gasteiger partial charge < -0.3 is 4.74 Å². The van der Waals surface area contributed by atoms with Gasteiger partial charge in [-0.25, -0.2) is 16.0 Å². The Bertz CT molecular complexity index is 274. The molecule has 1 aromatic heterocycles. The van der Waals surface area contributed by atoms with Crippen molar-refractivity contribution in [1.29, 1.82) is 0 Å². The van der Waals surface area contributed by atoms with E-state index in [-0.39, 0.29) is 0 Å². The highest BCUT2D eigenvalue weighted by atomic mass is 16.5. The first kappa shape index (κ1) is 9.32. The van der Waals surface area contributed by atoms with Crippen LogP contribution in [-0.2, 0) is 4.74 Å². The van der Waals surface area contributed by atoms with Crippen molar-refractivity contribution in [1.82, 2.24) is 15.2 Å². The van der Waals surface area contributed by atoms with Gasteiger partial charge in [-0.3, -0.25) is 0 Å². The van der Waals surface area contributed by atoms with Crippen LogP contribution in [-0.4, -0.2) is 41.5 Å². The lowest BCUT2D eigenvalue weighted by Gasteiger charge is -2.33. The summed E-state index contributed by atoms with van der Waals surface area (Å²) in [6.45, 7) is 2.97. The molecule has 0 amide bonds. The molecule has 76 valence electrons. The van der Waals surface area contributed by atoms with E-state index in [2.05, 4.69) is 10.2 Å². The maximum absolute atomic E-state index is 5.87. The molecule has 0 aliphatic carbocycles. The number of hydrogen-bond acceptors (Lipinski definition) is 6. The third kappa shape index (κ3) is 1.98. The van der Waals surface area contributed by atoms with Crippen LogP contribution in [0.5, 0.6) is 0 Å². The van der Waals surface area contributed by atoms with Gasteiger partial charge in [0.25, 0.3) is 0 Å². The first-order valence-corrected chi connectivity index (χ1v) is 4.53. The summed E-state index contributed by atoms with van der Waals surface area (Å²) in [5.41, 5.74) is 0. The van der Waals surface area contributed by atoms with Gasteiger partial charge in [-0.15, -0.1) is 5.10 Å². The van der Waals surface area contributed by atoms with Crippen LogP contribution < -0.4 is 11.0 Å². The first-order valence-electron chi connectivity index (χ1n) is 4.53. The van der Waals surface area contributed by atoms with Crippen LogP contribution in [0.1, 0.15) is 0 Å². The van der Waals surface area contributed by atoms with Gasteiger partial charge in [-0.1, -0.05) is 0 Å². The molecule has 0 saturated carbocycles. The van der Waals surface area contributed by atoms with Gasteiger partial charge in [0.05, 0.1) is 13.2 Å². The molecule has 1 fully saturated rings. The van der Waals surface area contributed by atoms with E-state index in [1.807, 2.05) is 17.1 Å². The molecular weight excluding hydrogens is 182 g/mol. The molecule has 2 N–H and O–H groups in total. The van der Waals surface area contributed by atoms with Gasteiger partial charge in [0.15, 0.2) is 5.82 Å². The van der Waals surface area contributed by atoms with Crippen LogP contribution in [0.25, 0.3) is 0 Å². The normalized spacial score (nSPS) is 18.1. The number of anilines is 1. The van der Waals surface area contributed by atoms with Crippen molar-refractivity contribution in [3.63, 3.8) is 0 Å². The number of nitrogens with two attached hydrogens (primary N) is 1. The summed E-state index contributed by atoms with van der Waals surface area (Å²) in [6.07, 6.45) is 1.62. The molecule has 1 aromatic rings. The van der Waals surface area contributed by atoms with E-state index in [1.54, 1.807) is 6.20 Å². The molecule has 1 aliphatic heterocycles. The number of hydrazine groups is 2. The molecule has 6 nitrogen and oxygen atoms in total. The zero-order valence-electron chi connectivity index (χ0n) is 7.83. The van der Waals surface area contributed by atoms with Crippen molar-refractivity contribution in [2.24, 2.45) is 5.84 Å². The minimum absolute atomic E-state index is 0.648. The van der Waals surface area contributed by atoms with Crippen LogP contribution in [0.15, 0.2) is 18.3 Å². The number of morpholine rings is 1. The summed E-state index contributed by atoms with van der Waals surface area (Å²) in [4.78, 5) is 0. The fourth-order valence-electron chi connectivity index (χ4n) is 1.33. The smallest absolute Gasteiger partial charge is 0.180 e. The molecule has 0 atom stereocenters. The predicted molar refractivity (Wildman–Crippen MR) is 51.1 cm³/mol. The monoisotopic (exact) mass is 195 g/mol. The lowest BCUT2D eigenvalue weighted by Crippen LogP contribution is -2.53. The van der Waals surface area contributed by atoms with E-state index in [0.29, 0.717) is 19.0 Å². The molecule has 1 aliphatic rings. The first-order chi connectivity index (χ1) is 6.88. The summed E-state index contributed by atoms with van der Waals surface area (Å²) >= 11 is 0. The Labute approximate surface area is 82.2 Å². The highest BCUT2D eigenvalue weighted by molar-refractivity contribution is 5.32. The van der Waals surface area contributed by atoms with Crippen molar-refractivity contribution < 1.29 is 4.74 Å². The van der Waals surface area contributed by atoms with E-state index in [1.165, 1.54) is 5.12 Å². The molecule has 0 unspecified atom stereocenters. The molecule has 1 saturated heterocycles. The van der Waals surface area contributed by atoms with Gasteiger partial charge in [-0.2, -0.15) is 5.10 Å². The number of ether oxygens (including phenoxy) is 1. The van der Waals surface area contributed by atoms with E-state index in [0.717, 1.165) is 13.1 Å². The fourth-order valence-corrected chi connectivity index (χ4v) is 1.33. The fraction of sp³-hybridized carbons (Fsp3) is 0.500. The molecule has 0 aromatic carbocycles. The second-order valence-corrected chi connectivity index (χ2v) is 2.99. The van der Waals surface area contributed by atoms with Crippen molar-refractivity contribution in [3.05, 3.63) is 18.3 Å². The number of aromatic nitrogens is 2. The van der Waals surface area contributed by atoms with E-state index in [9.17, 15) is 0 Å². The van der Waals surface area contributed by atoms with E-state index in [4.69, 9.17) is 10.6 Å². The molecule has 0 spiro atoms. The summed E-state index contributed by atoms with van der Waals surface area (Å²) in [5.74, 6) is 6.52. The number of rotatable bonds is 2. The average Bonchev–Trinajstić information content (AvgIpc) is 2.30. The quantitative estimate of drug-likeness (QED) is 0.502. The van der Waals surface area contributed by atoms with Gasteiger partial charge >= 0.3 is 0 Å². The molecule has 6 heteroatoms. The van der Waals surface area contributed by atoms with Crippen molar-refractivity contribution in [2.45, 2.75) is 0 Å². The van der Waals surface area contributed by atoms with Crippen molar-refractivity contribution in [3.8, 4) is 0 Å². The predicted octanol–water partition coefficient (Wildman–Crippen LogP) is -0.596. The van der Waals surface area contributed by atoms with Crippen LogP contribution in [0.4, 0.5) is 5.82 Å². The SMILES string of the molecule is NN(c1cccnn1)N1CCOCC1. The maximum atomic E-state index is 5.87. The van der Waals surface area contributed by atoms with Gasteiger partial charge in [0, 0.05) is 19.3 Å². The lowest BCUT2D eigenvalue weighted by atomic mass is 10.5. The third-order valence-corrected chi connectivity index (χ3v) is 2.09. The van der Waals surface area contributed by atoms with E-state index >= 15 is 0 Å². The third-order valence-electron chi connectivity index (χ3n) is 2.09. The van der Waals surface area contributed by atoms with Crippen LogP contribution in [0.2, 0.25) is 0 Å². The van der Waals surface area contributed by atoms with Crippen LogP contribution >= 0.6 is 0 Å². The molecule has 0 bridgehead atoms. The maximum Gasteiger partial charge on any atom is 0.180 e. The Kier molecular flexibility index (Phi) is 2.87. The number of nitrogens with zero attached hydrogens (tertiary/aromatic N) is 4. The summed E-state index contributed by atoms with van der Waals surface area (Å²) < 4.78 is 5.23. The Balaban J connectivity index is 2.03. The Hall–Kier alpha value is -1.24. The van der Waals surface area contributed by atoms with Gasteiger partial charge in [0.1, 0.15) is 0 Å². The van der Waals surface area contributed by atoms with Crippen molar-refractivity contribution in [2.75, 3.05) is 31.4 Å². The molecular formula is C8H13N5O. The Morgan fingerprint density at radius 3 is 2.86 bits per heavy atom. The van der Waals surface area contributed by atoms with Crippen LogP contribution in [0.3, 0.4) is 0 Å². The Morgan fingerprint density at radius 1 is 1.43 bits per heavy atom. The second-order valence-electron chi connectivity index (χ2n) is 2.99. The standard InChI is InChI=1S/C8H13N5O/c9-13(8-2-1-3-10-11-8)12-4-6-14-7-5-12/h1-3H,4-7,9H2. The topological polar surface area (TPSA) is 67.5 Å².